The van der Waals surface area contributed by atoms with Crippen molar-refractivity contribution in [1.82, 2.24) is 9.88 Å². The molecular formula is C17H11N2O3S2-. The molecule has 1 atom stereocenters. The number of nitrogens with zero attached hydrogens (tertiary/aromatic N) is 2. The molecule has 1 saturated heterocycles. The van der Waals surface area contributed by atoms with Crippen LogP contribution in [0.25, 0.3) is 6.08 Å². The predicted octanol–water partition coefficient (Wildman–Crippen LogP) is 1.77. The maximum absolute atomic E-state index is 12.7. The maximum atomic E-state index is 12.7. The van der Waals surface area contributed by atoms with Gasteiger partial charge in [-0.05, 0) is 23.3 Å². The fourth-order valence-electron chi connectivity index (χ4n) is 2.34. The lowest BCUT2D eigenvalue weighted by molar-refractivity contribution is -0.310. The number of carboxylic acid groups (broad SMARTS) is 1. The van der Waals surface area contributed by atoms with E-state index in [1.807, 2.05) is 0 Å². The lowest BCUT2D eigenvalue weighted by Gasteiger charge is -2.27. The molecule has 0 spiro atoms. The van der Waals surface area contributed by atoms with E-state index in [0.29, 0.717) is 10.5 Å². The average molecular weight is 355 g/mol. The molecule has 24 heavy (non-hydrogen) atoms. The molecule has 1 amide bonds. The monoisotopic (exact) mass is 355 g/mol. The van der Waals surface area contributed by atoms with Gasteiger partial charge in [-0.1, -0.05) is 60.4 Å². The molecule has 120 valence electrons. The first-order valence-corrected chi connectivity index (χ1v) is 8.23. The van der Waals surface area contributed by atoms with E-state index < -0.39 is 17.9 Å². The van der Waals surface area contributed by atoms with E-state index in [2.05, 4.69) is 4.98 Å². The number of benzene rings is 1. The van der Waals surface area contributed by atoms with Crippen LogP contribution in [0.5, 0.6) is 0 Å². The number of hydrogen-bond acceptors (Lipinski definition) is 6. The van der Waals surface area contributed by atoms with Gasteiger partial charge in [0, 0.05) is 12.4 Å². The molecule has 2 aromatic rings. The van der Waals surface area contributed by atoms with Crippen molar-refractivity contribution in [1.29, 1.82) is 0 Å². The molecule has 7 heteroatoms. The minimum Gasteiger partial charge on any atom is -0.547 e. The molecule has 2 heterocycles. The van der Waals surface area contributed by atoms with Gasteiger partial charge >= 0.3 is 0 Å². The van der Waals surface area contributed by atoms with E-state index in [4.69, 9.17) is 12.2 Å². The number of hydrogen-bond donors (Lipinski definition) is 0. The third-order valence-corrected chi connectivity index (χ3v) is 4.73. The van der Waals surface area contributed by atoms with Crippen LogP contribution in [0.15, 0.2) is 59.8 Å². The zero-order valence-corrected chi connectivity index (χ0v) is 13.9. The number of carbonyl (C=O) groups excluding carboxylic acids is 2. The van der Waals surface area contributed by atoms with E-state index >= 15 is 0 Å². The summed E-state index contributed by atoms with van der Waals surface area (Å²) in [7, 11) is 0. The summed E-state index contributed by atoms with van der Waals surface area (Å²) in [5, 5.41) is 11.6. The largest absolute Gasteiger partial charge is 0.547 e. The number of pyridine rings is 1. The Morgan fingerprint density at radius 1 is 1.25 bits per heavy atom. The lowest BCUT2D eigenvalue weighted by Crippen LogP contribution is -2.43. The molecule has 1 aromatic carbocycles. The summed E-state index contributed by atoms with van der Waals surface area (Å²) in [6.45, 7) is 0. The topological polar surface area (TPSA) is 73.3 Å². The van der Waals surface area contributed by atoms with E-state index in [-0.39, 0.29) is 4.32 Å². The molecule has 0 N–H and O–H groups in total. The van der Waals surface area contributed by atoms with Crippen LogP contribution in [0.2, 0.25) is 0 Å². The van der Waals surface area contributed by atoms with Crippen LogP contribution in [-0.2, 0) is 9.59 Å². The van der Waals surface area contributed by atoms with Gasteiger partial charge in [0.15, 0.2) is 0 Å². The smallest absolute Gasteiger partial charge is 0.267 e. The summed E-state index contributed by atoms with van der Waals surface area (Å²) in [5.41, 5.74) is 1.18. The highest BCUT2D eigenvalue weighted by atomic mass is 32.2. The normalized spacial score (nSPS) is 17.3. The van der Waals surface area contributed by atoms with Gasteiger partial charge in [-0.15, -0.1) is 0 Å². The molecule has 1 aromatic heterocycles. The Labute approximate surface area is 148 Å². The molecule has 5 nitrogen and oxygen atoms in total. The van der Waals surface area contributed by atoms with Crippen LogP contribution in [-0.4, -0.2) is 26.1 Å². The summed E-state index contributed by atoms with van der Waals surface area (Å²) in [6, 6.07) is 10.7. The first kappa shape index (κ1) is 16.4. The maximum Gasteiger partial charge on any atom is 0.267 e. The Kier molecular flexibility index (Phi) is 4.73. The minimum absolute atomic E-state index is 0.188. The Morgan fingerprint density at radius 2 is 2.00 bits per heavy atom. The van der Waals surface area contributed by atoms with Crippen molar-refractivity contribution < 1.29 is 14.7 Å². The van der Waals surface area contributed by atoms with Crippen molar-refractivity contribution in [3.63, 3.8) is 0 Å². The van der Waals surface area contributed by atoms with Gasteiger partial charge in [-0.2, -0.15) is 0 Å². The van der Waals surface area contributed by atoms with Crippen LogP contribution in [0, 0.1) is 0 Å². The van der Waals surface area contributed by atoms with Gasteiger partial charge in [-0.3, -0.25) is 14.7 Å². The number of thiocarbonyl (C=S) groups is 1. The molecule has 3 rings (SSSR count). The second-order valence-corrected chi connectivity index (χ2v) is 6.65. The third-order valence-electron chi connectivity index (χ3n) is 3.40. The first-order valence-electron chi connectivity index (χ1n) is 7.01. The van der Waals surface area contributed by atoms with Gasteiger partial charge in [0.25, 0.3) is 5.91 Å². The number of aliphatic carboxylic acids is 1. The Bertz CT molecular complexity index is 822. The average Bonchev–Trinajstić information content (AvgIpc) is 2.85. The summed E-state index contributed by atoms with van der Waals surface area (Å²) < 4.78 is 0.188. The Balaban J connectivity index is 1.96. The number of carbonyl (C=O) groups is 2. The third kappa shape index (κ3) is 3.22. The zero-order chi connectivity index (χ0) is 17.1. The van der Waals surface area contributed by atoms with E-state index in [9.17, 15) is 14.7 Å². The van der Waals surface area contributed by atoms with Crippen molar-refractivity contribution in [2.45, 2.75) is 6.04 Å². The van der Waals surface area contributed by atoms with Crippen LogP contribution >= 0.6 is 24.0 Å². The fourth-order valence-corrected chi connectivity index (χ4v) is 3.65. The number of rotatable bonds is 4. The van der Waals surface area contributed by atoms with Gasteiger partial charge < -0.3 is 9.90 Å². The molecule has 1 aliphatic rings. The van der Waals surface area contributed by atoms with Crippen LogP contribution < -0.4 is 5.11 Å². The Morgan fingerprint density at radius 3 is 2.62 bits per heavy atom. The van der Waals surface area contributed by atoms with Crippen LogP contribution in [0.4, 0.5) is 0 Å². The molecule has 1 aliphatic heterocycles. The van der Waals surface area contributed by atoms with Crippen LogP contribution in [0.1, 0.15) is 17.2 Å². The molecule has 0 unspecified atom stereocenters. The molecule has 0 radical (unpaired) electrons. The molecular weight excluding hydrogens is 344 g/mol. The van der Waals surface area contributed by atoms with Crippen molar-refractivity contribution in [2.75, 3.05) is 0 Å². The van der Waals surface area contributed by atoms with Crippen molar-refractivity contribution in [3.05, 3.63) is 70.9 Å². The van der Waals surface area contributed by atoms with Crippen LogP contribution in [0.3, 0.4) is 0 Å². The fraction of sp³-hybridized carbons (Fsp3) is 0.0588. The molecule has 0 aliphatic carbocycles. The number of aromatic nitrogens is 1. The lowest BCUT2D eigenvalue weighted by atomic mass is 10.1. The number of carboxylic acids is 1. The quantitative estimate of drug-likeness (QED) is 0.615. The highest BCUT2D eigenvalue weighted by Crippen LogP contribution is 2.37. The van der Waals surface area contributed by atoms with Gasteiger partial charge in [0.2, 0.25) is 0 Å². The van der Waals surface area contributed by atoms with Gasteiger partial charge in [-0.25, -0.2) is 0 Å². The summed E-state index contributed by atoms with van der Waals surface area (Å²) in [4.78, 5) is 29.7. The molecule has 1 fully saturated rings. The second-order valence-electron chi connectivity index (χ2n) is 4.97. The van der Waals surface area contributed by atoms with Gasteiger partial charge in [0.1, 0.15) is 10.4 Å². The highest BCUT2D eigenvalue weighted by Gasteiger charge is 2.38. The number of thioether (sulfide) groups is 1. The van der Waals surface area contributed by atoms with Gasteiger partial charge in [0.05, 0.1) is 10.9 Å². The minimum atomic E-state index is -1.37. The molecule has 0 bridgehead atoms. The van der Waals surface area contributed by atoms with Crippen molar-refractivity contribution in [2.24, 2.45) is 0 Å². The Hall–Kier alpha value is -2.51. The zero-order valence-electron chi connectivity index (χ0n) is 12.3. The van der Waals surface area contributed by atoms with Crippen molar-refractivity contribution in [3.8, 4) is 0 Å². The number of amides is 1. The van der Waals surface area contributed by atoms with E-state index in [1.54, 1.807) is 60.9 Å². The second kappa shape index (κ2) is 6.94. The summed E-state index contributed by atoms with van der Waals surface area (Å²) >= 11 is 6.29. The van der Waals surface area contributed by atoms with E-state index in [1.165, 1.54) is 0 Å². The summed E-state index contributed by atoms with van der Waals surface area (Å²) in [6.07, 6.45) is 4.88. The SMILES string of the molecule is O=C([O-])[C@H](c1ccccc1)N1C(=O)/C(=C/c2cccnc2)SC1=S. The predicted molar refractivity (Wildman–Crippen MR) is 93.4 cm³/mol. The van der Waals surface area contributed by atoms with Crippen molar-refractivity contribution >= 4 is 46.3 Å². The molecule has 0 saturated carbocycles. The highest BCUT2D eigenvalue weighted by molar-refractivity contribution is 8.26. The van der Waals surface area contributed by atoms with E-state index in [0.717, 1.165) is 22.2 Å². The summed E-state index contributed by atoms with van der Waals surface area (Å²) in [5.74, 6) is -1.83. The first-order chi connectivity index (χ1) is 11.6. The standard InChI is InChI=1S/C17H12N2O3S2/c20-15-13(9-11-5-4-8-18-10-11)24-17(23)19(15)14(16(21)22)12-6-2-1-3-7-12/h1-10,14H,(H,21,22)/p-1/b13-9-/t14-/m0/s1.